The third kappa shape index (κ3) is 4.06. The Labute approximate surface area is 326 Å². The van der Waals surface area contributed by atoms with Crippen LogP contribution in [0.15, 0.2) is 170 Å². The zero-order valence-electron chi connectivity index (χ0n) is 32.1. The van der Waals surface area contributed by atoms with E-state index in [0.29, 0.717) is 0 Å². The van der Waals surface area contributed by atoms with Gasteiger partial charge >= 0.3 is 0 Å². The highest BCUT2D eigenvalue weighted by atomic mass is 15.0. The molecule has 0 fully saturated rings. The molecule has 2 heterocycles. The van der Waals surface area contributed by atoms with Gasteiger partial charge in [-0.1, -0.05) is 137 Å². The van der Waals surface area contributed by atoms with Gasteiger partial charge < -0.3 is 9.13 Å². The largest absolute Gasteiger partial charge is 0.309 e. The lowest BCUT2D eigenvalue weighted by atomic mass is 9.79. The topological polar surface area (TPSA) is 9.86 Å². The molecule has 2 heteroatoms. The minimum absolute atomic E-state index is 0.131. The van der Waals surface area contributed by atoms with Crippen molar-refractivity contribution in [3.63, 3.8) is 0 Å². The molecule has 8 aromatic carbocycles. The summed E-state index contributed by atoms with van der Waals surface area (Å²) in [4.78, 5) is 0. The standard InChI is InChI=1S/C54H40N2/c1-53(2)44-19-13-18-36(33-24-26-34(27-25-33)55-48-20-9-5-14-38(48)39-15-6-10-21-49(39)55)52(44)43-32-46-42(31-47(43)53)37-29-28-35(30-45(37)54(46,3)4)56-50-22-11-7-16-40(50)41-17-8-12-23-51(41)56/h5-32H,1-4H3. The average Bonchev–Trinajstić information content (AvgIpc) is 3.89. The molecular weight excluding hydrogens is 677 g/mol. The van der Waals surface area contributed by atoms with Crippen LogP contribution in [0.1, 0.15) is 49.9 Å². The van der Waals surface area contributed by atoms with E-state index in [2.05, 4.69) is 207 Å². The Kier molecular flexibility index (Phi) is 6.22. The van der Waals surface area contributed by atoms with E-state index in [1.165, 1.54) is 111 Å². The van der Waals surface area contributed by atoms with Crippen molar-refractivity contribution in [2.75, 3.05) is 0 Å². The van der Waals surface area contributed by atoms with E-state index in [1.54, 1.807) is 0 Å². The van der Waals surface area contributed by atoms with Gasteiger partial charge in [-0.25, -0.2) is 0 Å². The van der Waals surface area contributed by atoms with Crippen molar-refractivity contribution in [1.82, 2.24) is 9.13 Å². The summed E-state index contributed by atoms with van der Waals surface area (Å²) in [6, 6.07) is 63.5. The predicted octanol–water partition coefficient (Wildman–Crippen LogP) is 14.2. The molecule has 0 amide bonds. The van der Waals surface area contributed by atoms with Gasteiger partial charge in [0.25, 0.3) is 0 Å². The Balaban J connectivity index is 0.989. The van der Waals surface area contributed by atoms with Crippen LogP contribution in [0.4, 0.5) is 0 Å². The van der Waals surface area contributed by atoms with Crippen LogP contribution in [0.2, 0.25) is 0 Å². The monoisotopic (exact) mass is 716 g/mol. The van der Waals surface area contributed by atoms with E-state index < -0.39 is 0 Å². The third-order valence-electron chi connectivity index (χ3n) is 13.3. The van der Waals surface area contributed by atoms with Crippen LogP contribution >= 0.6 is 0 Å². The average molecular weight is 717 g/mol. The van der Waals surface area contributed by atoms with E-state index >= 15 is 0 Å². The van der Waals surface area contributed by atoms with E-state index in [9.17, 15) is 0 Å². The molecular formula is C54H40N2. The molecule has 0 unspecified atom stereocenters. The summed E-state index contributed by atoms with van der Waals surface area (Å²) in [5.41, 5.74) is 20.7. The summed E-state index contributed by atoms with van der Waals surface area (Å²) in [6.45, 7) is 9.65. The molecule has 0 saturated carbocycles. The second kappa shape index (κ2) is 11.0. The van der Waals surface area contributed by atoms with Gasteiger partial charge in [-0.3, -0.25) is 0 Å². The predicted molar refractivity (Wildman–Crippen MR) is 236 cm³/mol. The van der Waals surface area contributed by atoms with Gasteiger partial charge in [-0.05, 0) is 116 Å². The molecule has 10 aromatic rings. The van der Waals surface area contributed by atoms with Crippen molar-refractivity contribution in [2.24, 2.45) is 0 Å². The van der Waals surface area contributed by atoms with Crippen molar-refractivity contribution in [3.05, 3.63) is 192 Å². The summed E-state index contributed by atoms with van der Waals surface area (Å²) >= 11 is 0. The van der Waals surface area contributed by atoms with Gasteiger partial charge in [0, 0.05) is 43.7 Å². The molecule has 0 bridgehead atoms. The lowest BCUT2D eigenvalue weighted by molar-refractivity contribution is 0.652. The van der Waals surface area contributed by atoms with Gasteiger partial charge in [0.2, 0.25) is 0 Å². The molecule has 2 aliphatic rings. The van der Waals surface area contributed by atoms with Crippen LogP contribution in [0, 0.1) is 0 Å². The molecule has 2 aromatic heterocycles. The highest BCUT2D eigenvalue weighted by Gasteiger charge is 2.42. The second-order valence-corrected chi connectivity index (χ2v) is 16.9. The first-order chi connectivity index (χ1) is 27.3. The van der Waals surface area contributed by atoms with E-state index in [4.69, 9.17) is 0 Å². The summed E-state index contributed by atoms with van der Waals surface area (Å²) in [5.74, 6) is 0. The fourth-order valence-corrected chi connectivity index (χ4v) is 10.6. The molecule has 56 heavy (non-hydrogen) atoms. The van der Waals surface area contributed by atoms with E-state index in [0.717, 1.165) is 0 Å². The lowest BCUT2D eigenvalue weighted by Gasteiger charge is -2.24. The fourth-order valence-electron chi connectivity index (χ4n) is 10.6. The Morgan fingerprint density at radius 2 is 0.768 bits per heavy atom. The Morgan fingerprint density at radius 3 is 1.34 bits per heavy atom. The summed E-state index contributed by atoms with van der Waals surface area (Å²) in [5, 5.41) is 5.15. The minimum atomic E-state index is -0.166. The quantitative estimate of drug-likeness (QED) is 0.172. The van der Waals surface area contributed by atoms with Crippen molar-refractivity contribution in [1.29, 1.82) is 0 Å². The van der Waals surface area contributed by atoms with E-state index in [1.807, 2.05) is 0 Å². The number of fused-ring (bicyclic) bond motifs is 12. The van der Waals surface area contributed by atoms with Crippen LogP contribution in [-0.4, -0.2) is 9.13 Å². The molecule has 0 radical (unpaired) electrons. The molecule has 266 valence electrons. The summed E-state index contributed by atoms with van der Waals surface area (Å²) < 4.78 is 4.85. The van der Waals surface area contributed by atoms with Crippen LogP contribution in [0.3, 0.4) is 0 Å². The fraction of sp³-hybridized carbons (Fsp3) is 0.111. The summed E-state index contributed by atoms with van der Waals surface area (Å²) in [7, 11) is 0. The van der Waals surface area contributed by atoms with Crippen LogP contribution < -0.4 is 0 Å². The first-order valence-electron chi connectivity index (χ1n) is 19.9. The molecule has 12 rings (SSSR count). The zero-order valence-corrected chi connectivity index (χ0v) is 32.1. The SMILES string of the molecule is CC1(C)c2cc(-n3c4ccccc4c4ccccc43)ccc2-c2cc3c(cc21)-c1c(-c2ccc(-n4c5ccccc5c5ccccc54)cc2)cccc1C3(C)C. The molecule has 0 saturated heterocycles. The van der Waals surface area contributed by atoms with Crippen molar-refractivity contribution >= 4 is 43.6 Å². The Bertz CT molecular complexity index is 3190. The first-order valence-corrected chi connectivity index (χ1v) is 19.9. The number of nitrogens with zero attached hydrogens (tertiary/aromatic N) is 2. The minimum Gasteiger partial charge on any atom is -0.309 e. The zero-order chi connectivity index (χ0) is 37.5. The normalized spacial score (nSPS) is 14.7. The lowest BCUT2D eigenvalue weighted by Crippen LogP contribution is -2.17. The molecule has 0 atom stereocenters. The van der Waals surface area contributed by atoms with Crippen molar-refractivity contribution < 1.29 is 0 Å². The number of benzene rings is 8. The number of rotatable bonds is 3. The van der Waals surface area contributed by atoms with Crippen LogP contribution in [-0.2, 0) is 10.8 Å². The number of hydrogen-bond donors (Lipinski definition) is 0. The van der Waals surface area contributed by atoms with Crippen molar-refractivity contribution in [2.45, 2.75) is 38.5 Å². The first kappa shape index (κ1) is 31.7. The molecule has 0 spiro atoms. The molecule has 0 aliphatic heterocycles. The molecule has 2 aliphatic carbocycles. The number of hydrogen-bond acceptors (Lipinski definition) is 0. The summed E-state index contributed by atoms with van der Waals surface area (Å²) in [6.07, 6.45) is 0. The van der Waals surface area contributed by atoms with Crippen molar-refractivity contribution in [3.8, 4) is 44.8 Å². The van der Waals surface area contributed by atoms with Gasteiger partial charge in [0.05, 0.1) is 22.1 Å². The van der Waals surface area contributed by atoms with Gasteiger partial charge in [-0.2, -0.15) is 0 Å². The Morgan fingerprint density at radius 1 is 0.321 bits per heavy atom. The van der Waals surface area contributed by atoms with Crippen LogP contribution in [0.5, 0.6) is 0 Å². The maximum absolute atomic E-state index is 2.55. The number of para-hydroxylation sites is 4. The van der Waals surface area contributed by atoms with Gasteiger partial charge in [0.15, 0.2) is 0 Å². The number of aromatic nitrogens is 2. The second-order valence-electron chi connectivity index (χ2n) is 16.9. The van der Waals surface area contributed by atoms with Gasteiger partial charge in [0.1, 0.15) is 0 Å². The third-order valence-corrected chi connectivity index (χ3v) is 13.3. The van der Waals surface area contributed by atoms with E-state index in [-0.39, 0.29) is 10.8 Å². The highest BCUT2D eigenvalue weighted by molar-refractivity contribution is 6.10. The van der Waals surface area contributed by atoms with Crippen LogP contribution in [0.25, 0.3) is 88.4 Å². The molecule has 2 nitrogen and oxygen atoms in total. The highest BCUT2D eigenvalue weighted by Crippen LogP contribution is 2.58. The maximum Gasteiger partial charge on any atom is 0.0541 e. The smallest absolute Gasteiger partial charge is 0.0541 e. The van der Waals surface area contributed by atoms with Gasteiger partial charge in [-0.15, -0.1) is 0 Å². The maximum atomic E-state index is 2.55. The Hall–Kier alpha value is -6.64. The molecule has 0 N–H and O–H groups in total.